The number of fused-ring (bicyclic) bond motifs is 8. The monoisotopic (exact) mass is 380 g/mol. The molecule has 6 atom stereocenters. The van der Waals surface area contributed by atoms with Crippen LogP contribution in [0.1, 0.15) is 12.8 Å². The molecule has 6 rings (SSSR count). The molecule has 5 nitrogen and oxygen atoms in total. The first-order valence-electron chi connectivity index (χ1n) is 9.32. The molecule has 2 heterocycles. The van der Waals surface area contributed by atoms with Crippen LogP contribution >= 0.6 is 7.37 Å². The fourth-order valence-electron chi connectivity index (χ4n) is 5.80. The van der Waals surface area contributed by atoms with Gasteiger partial charge < -0.3 is 9.26 Å². The summed E-state index contributed by atoms with van der Waals surface area (Å²) in [4.78, 5) is 24.3. The fourth-order valence-corrected chi connectivity index (χ4v) is 9.02. The quantitative estimate of drug-likeness (QED) is 0.431. The van der Waals surface area contributed by atoms with Crippen molar-refractivity contribution in [3.8, 4) is 16.9 Å². The van der Waals surface area contributed by atoms with Gasteiger partial charge in [-0.25, -0.2) is 0 Å². The highest BCUT2D eigenvalue weighted by molar-refractivity contribution is 7.68. The van der Waals surface area contributed by atoms with E-state index in [1.807, 2.05) is 48.5 Å². The Balaban J connectivity index is 1.49. The van der Waals surface area contributed by atoms with E-state index in [1.165, 1.54) is 0 Å². The first-order valence-corrected chi connectivity index (χ1v) is 11.0. The molecule has 4 aliphatic rings. The van der Waals surface area contributed by atoms with Gasteiger partial charge in [-0.05, 0) is 42.4 Å². The van der Waals surface area contributed by atoms with Gasteiger partial charge in [0.1, 0.15) is 5.75 Å². The number of esters is 2. The van der Waals surface area contributed by atoms with Crippen LogP contribution in [0.5, 0.6) is 5.75 Å². The first-order chi connectivity index (χ1) is 13.1. The lowest BCUT2D eigenvalue weighted by Gasteiger charge is -2.37. The Labute approximate surface area is 156 Å². The molecule has 2 aliphatic carbocycles. The molecule has 1 saturated heterocycles. The van der Waals surface area contributed by atoms with E-state index in [0.29, 0.717) is 12.2 Å². The first kappa shape index (κ1) is 15.6. The average Bonchev–Trinajstić information content (AvgIpc) is 3.35. The second-order valence-electron chi connectivity index (χ2n) is 7.96. The molecule has 0 radical (unpaired) electrons. The Morgan fingerprint density at radius 3 is 2.41 bits per heavy atom. The third-order valence-electron chi connectivity index (χ3n) is 6.80. The molecule has 2 saturated carbocycles. The Bertz CT molecular complexity index is 1060. The highest BCUT2D eigenvalue weighted by atomic mass is 31.2. The van der Waals surface area contributed by atoms with E-state index in [-0.39, 0.29) is 23.4 Å². The molecule has 6 unspecified atom stereocenters. The summed E-state index contributed by atoms with van der Waals surface area (Å²) in [5.74, 6) is -1.09. The molecular formula is C21H17O5P. The van der Waals surface area contributed by atoms with Gasteiger partial charge in [-0.3, -0.25) is 14.2 Å². The smallest absolute Gasteiger partial charge is 0.317 e. The van der Waals surface area contributed by atoms with Crippen LogP contribution in [-0.4, -0.2) is 17.6 Å². The van der Waals surface area contributed by atoms with Crippen LogP contribution < -0.4 is 9.83 Å². The maximum atomic E-state index is 14.3. The van der Waals surface area contributed by atoms with Crippen molar-refractivity contribution >= 4 is 24.6 Å². The second kappa shape index (κ2) is 5.11. The van der Waals surface area contributed by atoms with Crippen LogP contribution in [0.3, 0.4) is 0 Å². The van der Waals surface area contributed by atoms with Gasteiger partial charge in [0.05, 0.1) is 22.8 Å². The lowest BCUT2D eigenvalue weighted by Crippen LogP contribution is -2.37. The molecule has 0 amide bonds. The van der Waals surface area contributed by atoms with E-state index in [1.54, 1.807) is 0 Å². The lowest BCUT2D eigenvalue weighted by atomic mass is 9.81. The molecular weight excluding hydrogens is 363 g/mol. The van der Waals surface area contributed by atoms with E-state index in [2.05, 4.69) is 0 Å². The van der Waals surface area contributed by atoms with Crippen molar-refractivity contribution in [3.05, 3.63) is 48.5 Å². The Morgan fingerprint density at radius 1 is 0.852 bits per heavy atom. The zero-order chi connectivity index (χ0) is 18.3. The molecule has 27 heavy (non-hydrogen) atoms. The number of para-hydroxylation sites is 1. The van der Waals surface area contributed by atoms with Gasteiger partial charge in [-0.15, -0.1) is 0 Å². The van der Waals surface area contributed by atoms with Crippen molar-refractivity contribution in [1.82, 2.24) is 0 Å². The standard InChI is InChI=1S/C21H17O5P/c22-20-18-11-9-14(19(18)21(23)25-20)17(10-11)27(24)16-8-4-2-6-13(16)12-5-1-3-7-15(12)26-27/h1-8,11,14,17-19H,9-10H2. The summed E-state index contributed by atoms with van der Waals surface area (Å²) in [6.07, 6.45) is 1.39. The Morgan fingerprint density at radius 2 is 1.56 bits per heavy atom. The molecule has 2 aliphatic heterocycles. The van der Waals surface area contributed by atoms with Crippen molar-refractivity contribution in [2.45, 2.75) is 18.5 Å². The number of hydrogen-bond acceptors (Lipinski definition) is 5. The molecule has 2 aromatic rings. The molecule has 0 aromatic heterocycles. The van der Waals surface area contributed by atoms with Crippen molar-refractivity contribution in [2.24, 2.45) is 23.7 Å². The predicted octanol–water partition coefficient (Wildman–Crippen LogP) is 3.37. The molecule has 0 spiro atoms. The number of cyclic esters (lactones) is 2. The third kappa shape index (κ3) is 1.88. The summed E-state index contributed by atoms with van der Waals surface area (Å²) >= 11 is 0. The van der Waals surface area contributed by atoms with E-state index < -0.39 is 25.2 Å². The molecule has 2 bridgehead atoms. The summed E-state index contributed by atoms with van der Waals surface area (Å²) in [5, 5.41) is 0.732. The summed E-state index contributed by atoms with van der Waals surface area (Å²) in [6, 6.07) is 15.3. The summed E-state index contributed by atoms with van der Waals surface area (Å²) < 4.78 is 25.4. The van der Waals surface area contributed by atoms with Crippen LogP contribution in [0.15, 0.2) is 48.5 Å². The molecule has 3 fully saturated rings. The van der Waals surface area contributed by atoms with Crippen molar-refractivity contribution < 1.29 is 23.4 Å². The molecule has 136 valence electrons. The van der Waals surface area contributed by atoms with Gasteiger partial charge in [0.15, 0.2) is 0 Å². The van der Waals surface area contributed by atoms with Crippen LogP contribution in [0.2, 0.25) is 0 Å². The van der Waals surface area contributed by atoms with Crippen LogP contribution in [0.25, 0.3) is 11.1 Å². The van der Waals surface area contributed by atoms with Crippen molar-refractivity contribution in [3.63, 3.8) is 0 Å². The van der Waals surface area contributed by atoms with Gasteiger partial charge in [0, 0.05) is 5.56 Å². The zero-order valence-electron chi connectivity index (χ0n) is 14.4. The predicted molar refractivity (Wildman–Crippen MR) is 97.8 cm³/mol. The molecule has 2 aromatic carbocycles. The second-order valence-corrected chi connectivity index (χ2v) is 10.5. The van der Waals surface area contributed by atoms with Crippen LogP contribution in [0, 0.1) is 23.7 Å². The number of rotatable bonds is 1. The number of ether oxygens (including phenoxy) is 1. The number of benzene rings is 2. The number of carbonyl (C=O) groups excluding carboxylic acids is 2. The van der Waals surface area contributed by atoms with E-state index in [9.17, 15) is 14.2 Å². The van der Waals surface area contributed by atoms with Gasteiger partial charge in [0.25, 0.3) is 7.37 Å². The van der Waals surface area contributed by atoms with E-state index in [4.69, 9.17) is 9.26 Å². The lowest BCUT2D eigenvalue weighted by molar-refractivity contribution is -0.154. The van der Waals surface area contributed by atoms with Crippen molar-refractivity contribution in [1.29, 1.82) is 0 Å². The SMILES string of the molecule is O=C1OC(=O)C2C3CC(CC3P3(=O)Oc4ccccc4-c4ccccc43)C12. The number of carbonyl (C=O) groups is 2. The van der Waals surface area contributed by atoms with Gasteiger partial charge in [0.2, 0.25) is 0 Å². The molecule has 6 heteroatoms. The summed E-state index contributed by atoms with van der Waals surface area (Å²) in [7, 11) is -3.24. The minimum absolute atomic E-state index is 0.0581. The number of hydrogen-bond donors (Lipinski definition) is 0. The molecule has 0 N–H and O–H groups in total. The normalized spacial score (nSPS) is 38.0. The van der Waals surface area contributed by atoms with E-state index >= 15 is 0 Å². The third-order valence-corrected chi connectivity index (χ3v) is 9.80. The summed E-state index contributed by atoms with van der Waals surface area (Å²) in [6.45, 7) is 0. The minimum Gasteiger partial charge on any atom is -0.439 e. The van der Waals surface area contributed by atoms with Gasteiger partial charge in [-0.2, -0.15) is 0 Å². The minimum atomic E-state index is -3.24. The highest BCUT2D eigenvalue weighted by Gasteiger charge is 2.67. The van der Waals surface area contributed by atoms with Crippen LogP contribution in [-0.2, 0) is 18.9 Å². The van der Waals surface area contributed by atoms with Crippen LogP contribution in [0.4, 0.5) is 0 Å². The zero-order valence-corrected chi connectivity index (χ0v) is 15.3. The van der Waals surface area contributed by atoms with Gasteiger partial charge >= 0.3 is 11.9 Å². The maximum Gasteiger partial charge on any atom is 0.317 e. The summed E-state index contributed by atoms with van der Waals surface area (Å²) in [5.41, 5.74) is 1.62. The highest BCUT2D eigenvalue weighted by Crippen LogP contribution is 2.69. The van der Waals surface area contributed by atoms with E-state index in [0.717, 1.165) is 22.9 Å². The topological polar surface area (TPSA) is 69.7 Å². The Hall–Kier alpha value is -2.39. The van der Waals surface area contributed by atoms with Gasteiger partial charge in [-0.1, -0.05) is 36.4 Å². The largest absolute Gasteiger partial charge is 0.439 e. The average molecular weight is 380 g/mol. The fraction of sp³-hybridized carbons (Fsp3) is 0.333. The van der Waals surface area contributed by atoms with Crippen molar-refractivity contribution in [2.75, 3.05) is 0 Å². The Kier molecular flexibility index (Phi) is 2.96. The maximum absolute atomic E-state index is 14.3.